The summed E-state index contributed by atoms with van der Waals surface area (Å²) in [6.45, 7) is 1.16. The van der Waals surface area contributed by atoms with Crippen LogP contribution in [0.4, 0.5) is 0 Å². The minimum absolute atomic E-state index is 0.0702. The first-order chi connectivity index (χ1) is 10.7. The van der Waals surface area contributed by atoms with Crippen LogP contribution >= 0.6 is 0 Å². The number of carbonyl (C=O) groups excluding carboxylic acids is 1. The number of aromatic nitrogens is 2. The summed E-state index contributed by atoms with van der Waals surface area (Å²) in [4.78, 5) is 14.2. The van der Waals surface area contributed by atoms with E-state index >= 15 is 0 Å². The molecule has 1 aliphatic rings. The van der Waals surface area contributed by atoms with Gasteiger partial charge in [-0.1, -0.05) is 0 Å². The Hall–Kier alpha value is -2.34. The van der Waals surface area contributed by atoms with Gasteiger partial charge in [-0.05, 0) is 43.2 Å². The molecule has 2 heterocycles. The van der Waals surface area contributed by atoms with E-state index in [1.165, 1.54) is 0 Å². The zero-order chi connectivity index (χ0) is 15.5. The average Bonchev–Trinajstić information content (AvgIpc) is 3.05. The molecule has 1 aromatic carbocycles. The Morgan fingerprint density at radius 3 is 2.64 bits per heavy atom. The van der Waals surface area contributed by atoms with Crippen molar-refractivity contribution in [3.8, 4) is 17.0 Å². The predicted molar refractivity (Wildman–Crippen MR) is 81.7 cm³/mol. The number of aliphatic hydroxyl groups excluding tert-OH is 1. The van der Waals surface area contributed by atoms with Crippen LogP contribution in [0.5, 0.6) is 5.75 Å². The number of nitrogens with zero attached hydrogens (tertiary/aromatic N) is 2. The zero-order valence-corrected chi connectivity index (χ0v) is 12.5. The third-order valence-electron chi connectivity index (χ3n) is 3.95. The Bertz CT molecular complexity index is 643. The van der Waals surface area contributed by atoms with Crippen molar-refractivity contribution >= 4 is 5.91 Å². The Morgan fingerprint density at radius 1 is 1.32 bits per heavy atom. The molecular formula is C16H19N3O3. The third kappa shape index (κ3) is 2.96. The lowest BCUT2D eigenvalue weighted by Crippen LogP contribution is -2.40. The quantitative estimate of drug-likeness (QED) is 0.904. The Balaban J connectivity index is 1.73. The summed E-state index contributed by atoms with van der Waals surface area (Å²) in [5.74, 6) is 0.710. The molecule has 0 radical (unpaired) electrons. The highest BCUT2D eigenvalue weighted by Gasteiger charge is 2.23. The lowest BCUT2D eigenvalue weighted by atomic mass is 10.1. The van der Waals surface area contributed by atoms with Gasteiger partial charge < -0.3 is 14.7 Å². The van der Waals surface area contributed by atoms with E-state index in [9.17, 15) is 9.90 Å². The molecule has 2 aromatic rings. The molecule has 6 heteroatoms. The number of rotatable bonds is 3. The number of aliphatic hydroxyl groups is 1. The summed E-state index contributed by atoms with van der Waals surface area (Å²) in [5.41, 5.74) is 2.12. The maximum atomic E-state index is 12.4. The number of benzene rings is 1. The van der Waals surface area contributed by atoms with Crippen LogP contribution in [0.15, 0.2) is 30.3 Å². The Morgan fingerprint density at radius 2 is 2.00 bits per heavy atom. The van der Waals surface area contributed by atoms with Crippen LogP contribution in [0.25, 0.3) is 11.3 Å². The van der Waals surface area contributed by atoms with Crippen molar-refractivity contribution in [1.82, 2.24) is 15.1 Å². The monoisotopic (exact) mass is 301 g/mol. The molecule has 22 heavy (non-hydrogen) atoms. The first-order valence-corrected chi connectivity index (χ1v) is 7.34. The van der Waals surface area contributed by atoms with Gasteiger partial charge in [0.05, 0.1) is 18.9 Å². The van der Waals surface area contributed by atoms with Crippen molar-refractivity contribution in [2.24, 2.45) is 0 Å². The zero-order valence-electron chi connectivity index (χ0n) is 12.5. The molecule has 0 unspecified atom stereocenters. The maximum absolute atomic E-state index is 12.4. The minimum Gasteiger partial charge on any atom is -0.497 e. The van der Waals surface area contributed by atoms with Gasteiger partial charge in [0, 0.05) is 18.7 Å². The van der Waals surface area contributed by atoms with Crippen molar-refractivity contribution in [3.63, 3.8) is 0 Å². The molecule has 1 amide bonds. The van der Waals surface area contributed by atoms with Crippen molar-refractivity contribution < 1.29 is 14.6 Å². The number of ether oxygens (including phenoxy) is 1. The van der Waals surface area contributed by atoms with E-state index in [-0.39, 0.29) is 12.0 Å². The largest absolute Gasteiger partial charge is 0.497 e. The van der Waals surface area contributed by atoms with Crippen LogP contribution in [0.3, 0.4) is 0 Å². The fraction of sp³-hybridized carbons (Fsp3) is 0.375. The second kappa shape index (κ2) is 6.19. The lowest BCUT2D eigenvalue weighted by molar-refractivity contribution is 0.0541. The van der Waals surface area contributed by atoms with Crippen LogP contribution in [0, 0.1) is 0 Å². The van der Waals surface area contributed by atoms with Crippen LogP contribution in [0.2, 0.25) is 0 Å². The Labute approximate surface area is 128 Å². The predicted octanol–water partition coefficient (Wildman–Crippen LogP) is 1.68. The van der Waals surface area contributed by atoms with Crippen molar-refractivity contribution in [1.29, 1.82) is 0 Å². The van der Waals surface area contributed by atoms with Gasteiger partial charge >= 0.3 is 0 Å². The number of methoxy groups -OCH3 is 1. The van der Waals surface area contributed by atoms with Gasteiger partial charge in [-0.3, -0.25) is 9.89 Å². The molecule has 116 valence electrons. The topological polar surface area (TPSA) is 78.5 Å². The summed E-state index contributed by atoms with van der Waals surface area (Å²) >= 11 is 0. The fourth-order valence-corrected chi connectivity index (χ4v) is 2.58. The highest BCUT2D eigenvalue weighted by Crippen LogP contribution is 2.22. The van der Waals surface area contributed by atoms with E-state index in [1.807, 2.05) is 24.3 Å². The van der Waals surface area contributed by atoms with Crippen molar-refractivity contribution in [3.05, 3.63) is 36.0 Å². The smallest absolute Gasteiger partial charge is 0.271 e. The van der Waals surface area contributed by atoms with Gasteiger partial charge in [0.1, 0.15) is 11.4 Å². The number of H-pyrrole nitrogens is 1. The first kappa shape index (κ1) is 14.6. The Kier molecular flexibility index (Phi) is 4.11. The van der Waals surface area contributed by atoms with Crippen LogP contribution in [-0.4, -0.2) is 52.4 Å². The number of hydrogen-bond acceptors (Lipinski definition) is 4. The number of amides is 1. The SMILES string of the molecule is COc1ccc(-c2cc(C(=O)N3CCC(O)CC3)[nH]n2)cc1. The number of carbonyl (C=O) groups is 1. The molecule has 1 aliphatic heterocycles. The number of aromatic amines is 1. The van der Waals surface area contributed by atoms with E-state index in [0.717, 1.165) is 17.0 Å². The third-order valence-corrected chi connectivity index (χ3v) is 3.95. The maximum Gasteiger partial charge on any atom is 0.271 e. The number of piperidine rings is 1. The second-order valence-electron chi connectivity index (χ2n) is 5.42. The summed E-state index contributed by atoms with van der Waals surface area (Å²) in [7, 11) is 1.62. The highest BCUT2D eigenvalue weighted by molar-refractivity contribution is 5.93. The van der Waals surface area contributed by atoms with E-state index in [1.54, 1.807) is 18.1 Å². The molecule has 1 aromatic heterocycles. The molecule has 3 rings (SSSR count). The lowest BCUT2D eigenvalue weighted by Gasteiger charge is -2.29. The summed E-state index contributed by atoms with van der Waals surface area (Å²) in [6, 6.07) is 9.28. The first-order valence-electron chi connectivity index (χ1n) is 7.34. The van der Waals surface area contributed by atoms with Gasteiger partial charge in [0.2, 0.25) is 0 Å². The van der Waals surface area contributed by atoms with Gasteiger partial charge in [-0.25, -0.2) is 0 Å². The van der Waals surface area contributed by atoms with Crippen LogP contribution in [0.1, 0.15) is 23.3 Å². The standard InChI is InChI=1S/C16H19N3O3/c1-22-13-4-2-11(3-5-13)14-10-15(18-17-14)16(21)19-8-6-12(20)7-9-19/h2-5,10,12,20H,6-9H2,1H3,(H,17,18). The molecule has 0 aliphatic carbocycles. The minimum atomic E-state index is -0.291. The fourth-order valence-electron chi connectivity index (χ4n) is 2.58. The van der Waals surface area contributed by atoms with Gasteiger partial charge in [0.25, 0.3) is 5.91 Å². The van der Waals surface area contributed by atoms with E-state index in [0.29, 0.717) is 31.6 Å². The van der Waals surface area contributed by atoms with E-state index in [2.05, 4.69) is 10.2 Å². The highest BCUT2D eigenvalue weighted by atomic mass is 16.5. The summed E-state index contributed by atoms with van der Waals surface area (Å²) in [5, 5.41) is 16.5. The molecule has 0 spiro atoms. The van der Waals surface area contributed by atoms with Gasteiger partial charge in [-0.15, -0.1) is 0 Å². The number of likely N-dealkylation sites (tertiary alicyclic amines) is 1. The molecule has 0 bridgehead atoms. The molecule has 0 saturated carbocycles. The van der Waals surface area contributed by atoms with Crippen LogP contribution < -0.4 is 4.74 Å². The molecule has 1 fully saturated rings. The summed E-state index contributed by atoms with van der Waals surface area (Å²) in [6.07, 6.45) is 0.969. The van der Waals surface area contributed by atoms with E-state index in [4.69, 9.17) is 4.74 Å². The molecule has 1 saturated heterocycles. The number of hydrogen-bond donors (Lipinski definition) is 2. The molecule has 2 N–H and O–H groups in total. The van der Waals surface area contributed by atoms with Gasteiger partial charge in [-0.2, -0.15) is 5.10 Å². The molecular weight excluding hydrogens is 282 g/mol. The van der Waals surface area contributed by atoms with Crippen LogP contribution in [-0.2, 0) is 0 Å². The van der Waals surface area contributed by atoms with Gasteiger partial charge in [0.15, 0.2) is 0 Å². The number of nitrogens with one attached hydrogen (secondary N) is 1. The molecule has 0 atom stereocenters. The molecule has 6 nitrogen and oxygen atoms in total. The normalized spacial score (nSPS) is 15.8. The van der Waals surface area contributed by atoms with Crippen molar-refractivity contribution in [2.75, 3.05) is 20.2 Å². The van der Waals surface area contributed by atoms with Crippen molar-refractivity contribution in [2.45, 2.75) is 18.9 Å². The second-order valence-corrected chi connectivity index (χ2v) is 5.42. The summed E-state index contributed by atoms with van der Waals surface area (Å²) < 4.78 is 5.13. The van der Waals surface area contributed by atoms with E-state index < -0.39 is 0 Å². The average molecular weight is 301 g/mol.